The molecule has 2 saturated heterocycles. The fraction of sp³-hybridized carbons (Fsp3) is 0.929. The van der Waals surface area contributed by atoms with Crippen LogP contribution in [0.4, 0.5) is 0 Å². The van der Waals surface area contributed by atoms with E-state index in [2.05, 4.69) is 12.2 Å². The van der Waals surface area contributed by atoms with Crippen LogP contribution in [0, 0.1) is 5.92 Å². The van der Waals surface area contributed by atoms with Crippen LogP contribution in [0.5, 0.6) is 0 Å². The molecule has 2 fully saturated rings. The van der Waals surface area contributed by atoms with Crippen molar-refractivity contribution in [3.05, 3.63) is 0 Å². The average Bonchev–Trinajstić information content (AvgIpc) is 2.63. The molecular formula is C14H26N2O2. The van der Waals surface area contributed by atoms with Crippen LogP contribution in [0.25, 0.3) is 0 Å². The summed E-state index contributed by atoms with van der Waals surface area (Å²) in [6.07, 6.45) is 5.10. The number of carbonyl (C=O) groups is 1. The van der Waals surface area contributed by atoms with Crippen LogP contribution in [0.3, 0.4) is 0 Å². The summed E-state index contributed by atoms with van der Waals surface area (Å²) >= 11 is 0. The van der Waals surface area contributed by atoms with E-state index >= 15 is 0 Å². The van der Waals surface area contributed by atoms with E-state index in [0.717, 1.165) is 57.8 Å². The predicted molar refractivity (Wildman–Crippen MR) is 71.4 cm³/mol. The molecule has 18 heavy (non-hydrogen) atoms. The van der Waals surface area contributed by atoms with Crippen molar-refractivity contribution in [1.82, 2.24) is 10.2 Å². The van der Waals surface area contributed by atoms with Gasteiger partial charge in [-0.25, -0.2) is 0 Å². The van der Waals surface area contributed by atoms with Gasteiger partial charge in [0.2, 0.25) is 0 Å². The third kappa shape index (κ3) is 2.86. The summed E-state index contributed by atoms with van der Waals surface area (Å²) in [5.41, 5.74) is -0.557. The molecule has 104 valence electrons. The van der Waals surface area contributed by atoms with Crippen LogP contribution in [0.15, 0.2) is 0 Å². The highest BCUT2D eigenvalue weighted by Crippen LogP contribution is 2.27. The van der Waals surface area contributed by atoms with Crippen LogP contribution in [-0.2, 0) is 9.53 Å². The molecule has 4 heteroatoms. The number of rotatable bonds is 2. The maximum Gasteiger partial charge on any atom is 0.254 e. The van der Waals surface area contributed by atoms with Gasteiger partial charge in [-0.2, -0.15) is 0 Å². The summed E-state index contributed by atoms with van der Waals surface area (Å²) in [4.78, 5) is 14.8. The second kappa shape index (κ2) is 6.02. The number of ether oxygens (including phenoxy) is 1. The summed E-state index contributed by atoms with van der Waals surface area (Å²) in [6, 6.07) is 0. The minimum Gasteiger partial charge on any atom is -0.368 e. The molecule has 1 unspecified atom stereocenters. The minimum absolute atomic E-state index is 0.223. The molecule has 1 amide bonds. The van der Waals surface area contributed by atoms with Crippen molar-refractivity contribution in [1.29, 1.82) is 0 Å². The summed E-state index contributed by atoms with van der Waals surface area (Å²) in [6.45, 7) is 5.85. The van der Waals surface area contributed by atoms with Gasteiger partial charge in [-0.1, -0.05) is 6.92 Å². The average molecular weight is 254 g/mol. The standard InChI is InChI=1S/C14H26N2O2/c1-12-4-3-10-16(11-5-12)13(17)14(18-2)6-8-15-9-7-14/h12,15H,3-11H2,1-2H3. The van der Waals surface area contributed by atoms with Crippen LogP contribution >= 0.6 is 0 Å². The zero-order chi connectivity index (χ0) is 13.0. The van der Waals surface area contributed by atoms with Gasteiger partial charge in [0, 0.05) is 20.2 Å². The summed E-state index contributed by atoms with van der Waals surface area (Å²) in [5, 5.41) is 3.30. The number of carbonyl (C=O) groups excluding carboxylic acids is 1. The lowest BCUT2D eigenvalue weighted by Crippen LogP contribution is -2.55. The predicted octanol–water partition coefficient (Wildman–Crippen LogP) is 1.40. The van der Waals surface area contributed by atoms with Gasteiger partial charge in [0.15, 0.2) is 0 Å². The molecule has 0 bridgehead atoms. The lowest BCUT2D eigenvalue weighted by Gasteiger charge is -2.38. The van der Waals surface area contributed by atoms with E-state index in [1.54, 1.807) is 7.11 Å². The van der Waals surface area contributed by atoms with Crippen molar-refractivity contribution in [2.24, 2.45) is 5.92 Å². The number of hydrogen-bond acceptors (Lipinski definition) is 3. The lowest BCUT2D eigenvalue weighted by molar-refractivity contribution is -0.158. The highest BCUT2D eigenvalue weighted by Gasteiger charge is 2.42. The SMILES string of the molecule is COC1(C(=O)N2CCCC(C)CC2)CCNCC1. The maximum atomic E-state index is 12.7. The van der Waals surface area contributed by atoms with Crippen LogP contribution in [0.2, 0.25) is 0 Å². The number of nitrogens with one attached hydrogen (secondary N) is 1. The smallest absolute Gasteiger partial charge is 0.254 e. The second-order valence-electron chi connectivity index (χ2n) is 5.78. The summed E-state index contributed by atoms with van der Waals surface area (Å²) < 4.78 is 5.63. The van der Waals surface area contributed by atoms with Crippen LogP contribution < -0.4 is 5.32 Å². The van der Waals surface area contributed by atoms with Gasteiger partial charge in [0.25, 0.3) is 5.91 Å². The van der Waals surface area contributed by atoms with Crippen LogP contribution in [0.1, 0.15) is 39.0 Å². The molecule has 0 saturated carbocycles. The summed E-state index contributed by atoms with van der Waals surface area (Å²) in [7, 11) is 1.68. The number of nitrogens with zero attached hydrogens (tertiary/aromatic N) is 1. The van der Waals surface area contributed by atoms with Gasteiger partial charge < -0.3 is 15.0 Å². The Hall–Kier alpha value is -0.610. The Bertz CT molecular complexity index is 288. The largest absolute Gasteiger partial charge is 0.368 e. The van der Waals surface area contributed by atoms with Crippen molar-refractivity contribution in [3.63, 3.8) is 0 Å². The fourth-order valence-corrected chi connectivity index (χ4v) is 3.09. The van der Waals surface area contributed by atoms with Gasteiger partial charge in [-0.15, -0.1) is 0 Å². The first kappa shape index (κ1) is 13.8. The first-order valence-electron chi connectivity index (χ1n) is 7.23. The number of amides is 1. The van der Waals surface area contributed by atoms with Crippen molar-refractivity contribution in [2.75, 3.05) is 33.3 Å². The molecule has 0 spiro atoms. The van der Waals surface area contributed by atoms with Crippen molar-refractivity contribution in [2.45, 2.75) is 44.6 Å². The molecule has 2 heterocycles. The first-order valence-corrected chi connectivity index (χ1v) is 7.23. The molecule has 0 aromatic heterocycles. The van der Waals surface area contributed by atoms with Crippen LogP contribution in [-0.4, -0.2) is 49.7 Å². The zero-order valence-electron chi connectivity index (χ0n) is 11.7. The Morgan fingerprint density at radius 3 is 2.67 bits per heavy atom. The maximum absolute atomic E-state index is 12.7. The van der Waals surface area contributed by atoms with Crippen molar-refractivity contribution < 1.29 is 9.53 Å². The Balaban J connectivity index is 2.03. The Kier molecular flexibility index (Phi) is 4.62. The van der Waals surface area contributed by atoms with E-state index in [4.69, 9.17) is 4.74 Å². The fourth-order valence-electron chi connectivity index (χ4n) is 3.09. The normalized spacial score (nSPS) is 28.8. The topological polar surface area (TPSA) is 41.6 Å². The van der Waals surface area contributed by atoms with E-state index in [1.807, 2.05) is 4.90 Å². The van der Waals surface area contributed by atoms with E-state index in [-0.39, 0.29) is 5.91 Å². The first-order chi connectivity index (χ1) is 8.68. The zero-order valence-corrected chi connectivity index (χ0v) is 11.7. The molecule has 2 rings (SSSR count). The second-order valence-corrected chi connectivity index (χ2v) is 5.78. The highest BCUT2D eigenvalue weighted by molar-refractivity contribution is 5.85. The number of methoxy groups -OCH3 is 1. The molecule has 2 aliphatic rings. The lowest BCUT2D eigenvalue weighted by atomic mass is 9.90. The molecule has 1 atom stereocenters. The molecule has 0 aromatic carbocycles. The van der Waals surface area contributed by atoms with Gasteiger partial charge in [-0.3, -0.25) is 4.79 Å². The molecule has 2 aliphatic heterocycles. The highest BCUT2D eigenvalue weighted by atomic mass is 16.5. The molecule has 4 nitrogen and oxygen atoms in total. The van der Waals surface area contributed by atoms with E-state index in [1.165, 1.54) is 6.42 Å². The van der Waals surface area contributed by atoms with Gasteiger partial charge in [0.05, 0.1) is 0 Å². The monoisotopic (exact) mass is 254 g/mol. The molecule has 0 aliphatic carbocycles. The summed E-state index contributed by atoms with van der Waals surface area (Å²) in [5.74, 6) is 0.968. The Morgan fingerprint density at radius 2 is 2.00 bits per heavy atom. The van der Waals surface area contributed by atoms with Crippen molar-refractivity contribution in [3.8, 4) is 0 Å². The molecule has 1 N–H and O–H groups in total. The quantitative estimate of drug-likeness (QED) is 0.810. The third-order valence-electron chi connectivity index (χ3n) is 4.50. The van der Waals surface area contributed by atoms with Gasteiger partial charge in [0.1, 0.15) is 5.60 Å². The number of likely N-dealkylation sites (tertiary alicyclic amines) is 1. The molecule has 0 aromatic rings. The van der Waals surface area contributed by atoms with Gasteiger partial charge >= 0.3 is 0 Å². The van der Waals surface area contributed by atoms with E-state index < -0.39 is 5.60 Å². The number of hydrogen-bond donors (Lipinski definition) is 1. The Labute approximate surface area is 110 Å². The molecular weight excluding hydrogens is 228 g/mol. The molecule has 0 radical (unpaired) electrons. The Morgan fingerprint density at radius 1 is 1.28 bits per heavy atom. The van der Waals surface area contributed by atoms with E-state index in [0.29, 0.717) is 0 Å². The minimum atomic E-state index is -0.557. The van der Waals surface area contributed by atoms with Gasteiger partial charge in [-0.05, 0) is 51.1 Å². The van der Waals surface area contributed by atoms with E-state index in [9.17, 15) is 4.79 Å². The third-order valence-corrected chi connectivity index (χ3v) is 4.50. The van der Waals surface area contributed by atoms with Crippen molar-refractivity contribution >= 4 is 5.91 Å². The number of piperidine rings is 1.